The van der Waals surface area contributed by atoms with E-state index in [4.69, 9.17) is 9.47 Å². The number of nitrogens with one attached hydrogen (secondary N) is 1. The van der Waals surface area contributed by atoms with Crippen LogP contribution in [0, 0.1) is 0 Å². The first-order chi connectivity index (χ1) is 16.7. The second kappa shape index (κ2) is 8.47. The van der Waals surface area contributed by atoms with Crippen LogP contribution in [-0.4, -0.2) is 57.7 Å². The summed E-state index contributed by atoms with van der Waals surface area (Å²) in [6.07, 6.45) is -3.58. The van der Waals surface area contributed by atoms with Gasteiger partial charge in [-0.25, -0.2) is 9.50 Å². The van der Waals surface area contributed by atoms with E-state index in [-0.39, 0.29) is 17.5 Å². The summed E-state index contributed by atoms with van der Waals surface area (Å²) in [7, 11) is 3.08. The van der Waals surface area contributed by atoms with Crippen LogP contribution in [0.2, 0.25) is 0 Å². The predicted molar refractivity (Wildman–Crippen MR) is 122 cm³/mol. The van der Waals surface area contributed by atoms with Crippen molar-refractivity contribution in [3.8, 4) is 11.5 Å². The van der Waals surface area contributed by atoms with Crippen LogP contribution in [0.15, 0.2) is 30.3 Å². The lowest BCUT2D eigenvalue weighted by Gasteiger charge is -2.15. The maximum atomic E-state index is 13.6. The van der Waals surface area contributed by atoms with E-state index in [1.807, 2.05) is 6.07 Å². The zero-order chi connectivity index (χ0) is 24.9. The van der Waals surface area contributed by atoms with Gasteiger partial charge >= 0.3 is 6.18 Å². The Labute approximate surface area is 198 Å². The number of ether oxygens (including phenoxy) is 2. The molecule has 0 aliphatic carbocycles. The van der Waals surface area contributed by atoms with Crippen molar-refractivity contribution in [1.29, 1.82) is 0 Å². The average molecular weight is 487 g/mol. The molecular weight excluding hydrogens is 463 g/mol. The number of likely N-dealkylation sites (tertiary alicyclic amines) is 1. The van der Waals surface area contributed by atoms with Crippen molar-refractivity contribution in [2.75, 3.05) is 27.3 Å². The fraction of sp³-hybridized carbons (Fsp3) is 0.375. The SMILES string of the molecule is CCc1cc(C(F)(F)F)n2nc([C@@H]3CCN(C(=O)c4cc5c(OC)c(OC)ccc5[nH]4)C3)cc2n1. The first-order valence-corrected chi connectivity index (χ1v) is 11.2. The van der Waals surface area contributed by atoms with E-state index in [1.54, 1.807) is 37.1 Å². The van der Waals surface area contributed by atoms with Gasteiger partial charge < -0.3 is 19.4 Å². The van der Waals surface area contributed by atoms with Crippen LogP contribution in [0.4, 0.5) is 13.2 Å². The molecule has 1 aliphatic heterocycles. The first kappa shape index (κ1) is 23.0. The number of benzene rings is 1. The fourth-order valence-electron chi connectivity index (χ4n) is 4.63. The predicted octanol–water partition coefficient (Wildman–Crippen LogP) is 4.44. The van der Waals surface area contributed by atoms with E-state index in [1.165, 1.54) is 7.11 Å². The Balaban J connectivity index is 1.41. The van der Waals surface area contributed by atoms with Gasteiger partial charge in [-0.3, -0.25) is 4.79 Å². The van der Waals surface area contributed by atoms with Gasteiger partial charge in [0.1, 0.15) is 11.4 Å². The monoisotopic (exact) mass is 487 g/mol. The number of H-pyrrole nitrogens is 1. The Morgan fingerprint density at radius 1 is 1.20 bits per heavy atom. The molecule has 0 unspecified atom stereocenters. The van der Waals surface area contributed by atoms with Crippen LogP contribution in [0.5, 0.6) is 11.5 Å². The number of amides is 1. The van der Waals surface area contributed by atoms with E-state index in [0.29, 0.717) is 54.5 Å². The van der Waals surface area contributed by atoms with E-state index >= 15 is 0 Å². The Morgan fingerprint density at radius 3 is 2.69 bits per heavy atom. The highest BCUT2D eigenvalue weighted by Gasteiger charge is 2.36. The van der Waals surface area contributed by atoms with Crippen LogP contribution in [-0.2, 0) is 12.6 Å². The lowest BCUT2D eigenvalue weighted by atomic mass is 10.1. The van der Waals surface area contributed by atoms with Crippen molar-refractivity contribution in [3.63, 3.8) is 0 Å². The molecule has 35 heavy (non-hydrogen) atoms. The number of aromatic nitrogens is 4. The third-order valence-corrected chi connectivity index (χ3v) is 6.42. The van der Waals surface area contributed by atoms with Gasteiger partial charge in [0.05, 0.1) is 25.4 Å². The van der Waals surface area contributed by atoms with Crippen LogP contribution in [0.25, 0.3) is 16.6 Å². The second-order valence-electron chi connectivity index (χ2n) is 8.51. The largest absolute Gasteiger partial charge is 0.493 e. The number of alkyl halides is 3. The lowest BCUT2D eigenvalue weighted by Crippen LogP contribution is -2.28. The van der Waals surface area contributed by atoms with E-state index in [0.717, 1.165) is 21.5 Å². The molecule has 1 aromatic carbocycles. The van der Waals surface area contributed by atoms with Gasteiger partial charge in [-0.15, -0.1) is 0 Å². The molecule has 1 amide bonds. The van der Waals surface area contributed by atoms with E-state index in [9.17, 15) is 18.0 Å². The number of carbonyl (C=O) groups is 1. The zero-order valence-corrected chi connectivity index (χ0v) is 19.4. The van der Waals surface area contributed by atoms with Crippen LogP contribution in [0.1, 0.15) is 46.8 Å². The molecule has 3 aromatic heterocycles. The molecule has 184 valence electrons. The molecule has 1 N–H and O–H groups in total. The summed E-state index contributed by atoms with van der Waals surface area (Å²) in [6, 6.07) is 7.92. The minimum atomic E-state index is -4.55. The molecule has 5 rings (SSSR count). The number of nitrogens with zero attached hydrogens (tertiary/aromatic N) is 4. The van der Waals surface area contributed by atoms with Crippen molar-refractivity contribution in [3.05, 3.63) is 53.1 Å². The number of aryl methyl sites for hydroxylation is 1. The molecule has 1 aliphatic rings. The highest BCUT2D eigenvalue weighted by atomic mass is 19.4. The normalized spacial score (nSPS) is 16.4. The molecule has 0 radical (unpaired) electrons. The van der Waals surface area contributed by atoms with E-state index < -0.39 is 11.9 Å². The Bertz CT molecular complexity index is 1430. The van der Waals surface area contributed by atoms with Crippen molar-refractivity contribution in [1.82, 2.24) is 24.5 Å². The summed E-state index contributed by atoms with van der Waals surface area (Å²) in [4.78, 5) is 22.3. The third kappa shape index (κ3) is 3.94. The molecule has 4 aromatic rings. The molecule has 0 spiro atoms. The summed E-state index contributed by atoms with van der Waals surface area (Å²) in [6.45, 7) is 2.57. The summed E-state index contributed by atoms with van der Waals surface area (Å²) in [5, 5.41) is 4.96. The maximum Gasteiger partial charge on any atom is 0.433 e. The molecule has 11 heteroatoms. The van der Waals surface area contributed by atoms with Crippen molar-refractivity contribution >= 4 is 22.5 Å². The van der Waals surface area contributed by atoms with Crippen LogP contribution in [0.3, 0.4) is 0 Å². The standard InChI is InChI=1S/C24H24F3N5O3/c1-4-14-9-20(24(25,26)27)32-21(28-14)11-17(30-32)13-7-8-31(12-13)23(33)18-10-15-16(29-18)5-6-19(34-2)22(15)35-3/h5-6,9-11,13,29H,4,7-8,12H2,1-3H3/t13-/m1/s1. The van der Waals surface area contributed by atoms with Gasteiger partial charge in [-0.05, 0) is 37.1 Å². The minimum Gasteiger partial charge on any atom is -0.493 e. The summed E-state index contributed by atoms with van der Waals surface area (Å²) in [5.74, 6) is 0.703. The van der Waals surface area contributed by atoms with Crippen molar-refractivity contribution in [2.24, 2.45) is 0 Å². The highest BCUT2D eigenvalue weighted by Crippen LogP contribution is 2.37. The highest BCUT2D eigenvalue weighted by molar-refractivity contribution is 6.00. The number of fused-ring (bicyclic) bond motifs is 2. The minimum absolute atomic E-state index is 0.160. The van der Waals surface area contributed by atoms with Crippen LogP contribution >= 0.6 is 0 Å². The Kier molecular flexibility index (Phi) is 5.57. The number of methoxy groups -OCH3 is 2. The number of carbonyl (C=O) groups excluding carboxylic acids is 1. The quantitative estimate of drug-likeness (QED) is 0.450. The van der Waals surface area contributed by atoms with Gasteiger partial charge in [0, 0.05) is 36.2 Å². The molecule has 8 nitrogen and oxygen atoms in total. The van der Waals surface area contributed by atoms with Gasteiger partial charge in [0.15, 0.2) is 17.1 Å². The molecule has 1 atom stereocenters. The maximum absolute atomic E-state index is 13.6. The zero-order valence-electron chi connectivity index (χ0n) is 19.4. The number of hydrogen-bond acceptors (Lipinski definition) is 5. The van der Waals surface area contributed by atoms with Gasteiger partial charge in [0.2, 0.25) is 0 Å². The average Bonchev–Trinajstić information content (AvgIpc) is 3.58. The summed E-state index contributed by atoms with van der Waals surface area (Å²) in [5.41, 5.74) is 1.29. The Morgan fingerprint density at radius 2 is 2.00 bits per heavy atom. The van der Waals surface area contributed by atoms with Crippen LogP contribution < -0.4 is 9.47 Å². The molecule has 1 saturated heterocycles. The smallest absolute Gasteiger partial charge is 0.433 e. The van der Waals surface area contributed by atoms with Gasteiger partial charge in [-0.1, -0.05) is 6.92 Å². The van der Waals surface area contributed by atoms with Gasteiger partial charge in [-0.2, -0.15) is 18.3 Å². The number of rotatable bonds is 5. The molecule has 1 fully saturated rings. The summed E-state index contributed by atoms with van der Waals surface area (Å²) < 4.78 is 52.5. The second-order valence-corrected chi connectivity index (χ2v) is 8.51. The van der Waals surface area contributed by atoms with Gasteiger partial charge in [0.25, 0.3) is 5.91 Å². The molecule has 4 heterocycles. The van der Waals surface area contributed by atoms with Crippen molar-refractivity contribution < 1.29 is 27.4 Å². The number of aromatic amines is 1. The Hall–Kier alpha value is -3.76. The molecular formula is C24H24F3N5O3. The fourth-order valence-corrected chi connectivity index (χ4v) is 4.63. The lowest BCUT2D eigenvalue weighted by molar-refractivity contribution is -0.142. The van der Waals surface area contributed by atoms with Crippen molar-refractivity contribution in [2.45, 2.75) is 31.9 Å². The topological polar surface area (TPSA) is 84.8 Å². The molecule has 0 saturated carbocycles. The van der Waals surface area contributed by atoms with E-state index in [2.05, 4.69) is 15.1 Å². The first-order valence-electron chi connectivity index (χ1n) is 11.2. The summed E-state index contributed by atoms with van der Waals surface area (Å²) >= 11 is 0. The third-order valence-electron chi connectivity index (χ3n) is 6.42. The number of halogens is 3. The number of hydrogen-bond donors (Lipinski definition) is 1. The molecule has 0 bridgehead atoms.